The molecule has 1 unspecified atom stereocenters. The summed E-state index contributed by atoms with van der Waals surface area (Å²) in [4.78, 5) is 2.41. The molecule has 0 amide bonds. The van der Waals surface area contributed by atoms with E-state index < -0.39 is 0 Å². The molecule has 0 saturated carbocycles. The Hall–Kier alpha value is -0.120. The Morgan fingerprint density at radius 2 is 2.14 bits per heavy atom. The number of β-amino-alcohol motifs (C(OH)–C–C–N with tert-alkyl or cyclic N) is 1. The summed E-state index contributed by atoms with van der Waals surface area (Å²) in [6.45, 7) is 6.77. The van der Waals surface area contributed by atoms with Gasteiger partial charge in [0.2, 0.25) is 0 Å². The van der Waals surface area contributed by atoms with Gasteiger partial charge in [-0.05, 0) is 25.3 Å². The predicted molar refractivity (Wildman–Crippen MR) is 59.1 cm³/mol. The SMILES string of the molecule is CC(C)C1CCCCN1C[C@@H](O)CN. The molecule has 3 N–H and O–H groups in total. The molecule has 1 heterocycles. The van der Waals surface area contributed by atoms with Crippen LogP contribution in [0.15, 0.2) is 0 Å². The van der Waals surface area contributed by atoms with E-state index in [1.165, 1.54) is 19.3 Å². The standard InChI is InChI=1S/C11H24N2O/c1-9(2)11-5-3-4-6-13(11)8-10(14)7-12/h9-11,14H,3-8,12H2,1-2H3/t10-,11?/m0/s1. The molecule has 1 saturated heterocycles. The molecule has 2 atom stereocenters. The summed E-state index contributed by atoms with van der Waals surface area (Å²) in [7, 11) is 0. The summed E-state index contributed by atoms with van der Waals surface area (Å²) in [6.07, 6.45) is 3.52. The second-order valence-corrected chi connectivity index (χ2v) is 4.69. The van der Waals surface area contributed by atoms with E-state index in [-0.39, 0.29) is 6.10 Å². The molecule has 1 rings (SSSR count). The maximum Gasteiger partial charge on any atom is 0.0789 e. The molecular formula is C11H24N2O. The van der Waals surface area contributed by atoms with Crippen molar-refractivity contribution in [3.05, 3.63) is 0 Å². The largest absolute Gasteiger partial charge is 0.390 e. The van der Waals surface area contributed by atoms with Crippen LogP contribution in [0.25, 0.3) is 0 Å². The Morgan fingerprint density at radius 3 is 2.71 bits per heavy atom. The molecule has 0 aromatic heterocycles. The normalized spacial score (nSPS) is 26.8. The van der Waals surface area contributed by atoms with Crippen LogP contribution in [0.1, 0.15) is 33.1 Å². The topological polar surface area (TPSA) is 49.5 Å². The summed E-state index contributed by atoms with van der Waals surface area (Å²) in [6, 6.07) is 0.643. The van der Waals surface area contributed by atoms with Crippen molar-refractivity contribution < 1.29 is 5.11 Å². The Morgan fingerprint density at radius 1 is 1.43 bits per heavy atom. The highest BCUT2D eigenvalue weighted by Crippen LogP contribution is 2.22. The van der Waals surface area contributed by atoms with Crippen molar-refractivity contribution in [1.82, 2.24) is 4.90 Å². The molecule has 0 spiro atoms. The summed E-state index contributed by atoms with van der Waals surface area (Å²) in [5.74, 6) is 0.681. The van der Waals surface area contributed by atoms with Crippen molar-refractivity contribution in [3.8, 4) is 0 Å². The van der Waals surface area contributed by atoms with Gasteiger partial charge in [0.05, 0.1) is 6.10 Å². The third-order valence-electron chi connectivity index (χ3n) is 3.15. The molecule has 84 valence electrons. The molecule has 3 nitrogen and oxygen atoms in total. The number of nitrogens with zero attached hydrogens (tertiary/aromatic N) is 1. The van der Waals surface area contributed by atoms with Crippen LogP contribution in [0.2, 0.25) is 0 Å². The minimum absolute atomic E-state index is 0.352. The van der Waals surface area contributed by atoms with Crippen LogP contribution in [0, 0.1) is 5.92 Å². The van der Waals surface area contributed by atoms with Gasteiger partial charge in [0.15, 0.2) is 0 Å². The molecule has 14 heavy (non-hydrogen) atoms. The highest BCUT2D eigenvalue weighted by molar-refractivity contribution is 4.81. The number of hydrogen-bond donors (Lipinski definition) is 2. The van der Waals surface area contributed by atoms with Crippen molar-refractivity contribution in [2.45, 2.75) is 45.3 Å². The van der Waals surface area contributed by atoms with E-state index in [0.29, 0.717) is 18.5 Å². The van der Waals surface area contributed by atoms with Gasteiger partial charge in [0.1, 0.15) is 0 Å². The Balaban J connectivity index is 2.45. The van der Waals surface area contributed by atoms with Crippen LogP contribution in [0.5, 0.6) is 0 Å². The summed E-state index contributed by atoms with van der Waals surface area (Å²) in [5.41, 5.74) is 5.43. The first-order valence-corrected chi connectivity index (χ1v) is 5.77. The lowest BCUT2D eigenvalue weighted by Gasteiger charge is -2.39. The second kappa shape index (κ2) is 5.69. The number of aliphatic hydroxyl groups is 1. The molecule has 3 heteroatoms. The van der Waals surface area contributed by atoms with Gasteiger partial charge in [-0.1, -0.05) is 20.3 Å². The van der Waals surface area contributed by atoms with Crippen molar-refractivity contribution in [1.29, 1.82) is 0 Å². The fourth-order valence-corrected chi connectivity index (χ4v) is 2.34. The average Bonchev–Trinajstić information content (AvgIpc) is 2.18. The van der Waals surface area contributed by atoms with Crippen LogP contribution < -0.4 is 5.73 Å². The second-order valence-electron chi connectivity index (χ2n) is 4.69. The van der Waals surface area contributed by atoms with Crippen molar-refractivity contribution in [2.24, 2.45) is 11.7 Å². The molecule has 0 aromatic rings. The van der Waals surface area contributed by atoms with Gasteiger partial charge in [-0.25, -0.2) is 0 Å². The van der Waals surface area contributed by atoms with Crippen molar-refractivity contribution in [2.75, 3.05) is 19.6 Å². The minimum atomic E-state index is -0.352. The molecule has 1 fully saturated rings. The van der Waals surface area contributed by atoms with Gasteiger partial charge in [0, 0.05) is 19.1 Å². The van der Waals surface area contributed by atoms with E-state index in [9.17, 15) is 5.11 Å². The lowest BCUT2D eigenvalue weighted by Crippen LogP contribution is -2.47. The Kier molecular flexibility index (Phi) is 4.85. The van der Waals surface area contributed by atoms with Gasteiger partial charge >= 0.3 is 0 Å². The lowest BCUT2D eigenvalue weighted by atomic mass is 9.92. The number of likely N-dealkylation sites (tertiary alicyclic amines) is 1. The average molecular weight is 200 g/mol. The van der Waals surface area contributed by atoms with Crippen molar-refractivity contribution in [3.63, 3.8) is 0 Å². The van der Waals surface area contributed by atoms with Crippen LogP contribution in [0.3, 0.4) is 0 Å². The maximum atomic E-state index is 9.54. The van der Waals surface area contributed by atoms with E-state index in [0.717, 1.165) is 13.1 Å². The van der Waals surface area contributed by atoms with Gasteiger partial charge in [-0.3, -0.25) is 4.90 Å². The zero-order chi connectivity index (χ0) is 10.6. The molecular weight excluding hydrogens is 176 g/mol. The molecule has 0 aliphatic carbocycles. The lowest BCUT2D eigenvalue weighted by molar-refractivity contribution is 0.0535. The quantitative estimate of drug-likeness (QED) is 0.706. The summed E-state index contributed by atoms with van der Waals surface area (Å²) < 4.78 is 0. The van der Waals surface area contributed by atoms with E-state index in [2.05, 4.69) is 18.7 Å². The number of hydrogen-bond acceptors (Lipinski definition) is 3. The first-order chi connectivity index (χ1) is 6.65. The predicted octanol–water partition coefficient (Wildman–Crippen LogP) is 0.817. The Bertz CT molecular complexity index is 161. The van der Waals surface area contributed by atoms with E-state index in [1.54, 1.807) is 0 Å². The first kappa shape index (κ1) is 12.0. The fraction of sp³-hybridized carbons (Fsp3) is 1.00. The highest BCUT2D eigenvalue weighted by atomic mass is 16.3. The monoisotopic (exact) mass is 200 g/mol. The van der Waals surface area contributed by atoms with Gasteiger partial charge in [-0.2, -0.15) is 0 Å². The van der Waals surface area contributed by atoms with Crippen LogP contribution in [-0.4, -0.2) is 41.8 Å². The maximum absolute atomic E-state index is 9.54. The molecule has 0 radical (unpaired) electrons. The number of aliphatic hydroxyl groups excluding tert-OH is 1. The minimum Gasteiger partial charge on any atom is -0.390 e. The van der Waals surface area contributed by atoms with Gasteiger partial charge in [0.25, 0.3) is 0 Å². The highest BCUT2D eigenvalue weighted by Gasteiger charge is 2.25. The molecule has 1 aliphatic rings. The fourth-order valence-electron chi connectivity index (χ4n) is 2.34. The Labute approximate surface area is 87.3 Å². The number of rotatable bonds is 4. The molecule has 0 bridgehead atoms. The van der Waals surface area contributed by atoms with E-state index in [1.807, 2.05) is 0 Å². The third kappa shape index (κ3) is 3.23. The van der Waals surface area contributed by atoms with Crippen LogP contribution >= 0.6 is 0 Å². The smallest absolute Gasteiger partial charge is 0.0789 e. The zero-order valence-corrected chi connectivity index (χ0v) is 9.45. The van der Waals surface area contributed by atoms with Crippen LogP contribution in [-0.2, 0) is 0 Å². The van der Waals surface area contributed by atoms with E-state index in [4.69, 9.17) is 5.73 Å². The molecule has 0 aromatic carbocycles. The van der Waals surface area contributed by atoms with Crippen molar-refractivity contribution >= 4 is 0 Å². The molecule has 1 aliphatic heterocycles. The third-order valence-corrected chi connectivity index (χ3v) is 3.15. The van der Waals surface area contributed by atoms with Gasteiger partial charge < -0.3 is 10.8 Å². The zero-order valence-electron chi connectivity index (χ0n) is 9.45. The first-order valence-electron chi connectivity index (χ1n) is 5.77. The number of nitrogens with two attached hydrogens (primary N) is 1. The number of piperidine rings is 1. The van der Waals surface area contributed by atoms with E-state index >= 15 is 0 Å². The van der Waals surface area contributed by atoms with Gasteiger partial charge in [-0.15, -0.1) is 0 Å². The summed E-state index contributed by atoms with van der Waals surface area (Å²) in [5, 5.41) is 9.54. The van der Waals surface area contributed by atoms with Crippen LogP contribution in [0.4, 0.5) is 0 Å². The summed E-state index contributed by atoms with van der Waals surface area (Å²) >= 11 is 0.